The third-order valence-electron chi connectivity index (χ3n) is 12.7. The lowest BCUT2D eigenvalue weighted by atomic mass is 9.94. The minimum atomic E-state index is -4.84. The Morgan fingerprint density at radius 3 is 2.14 bits per heavy atom. The van der Waals surface area contributed by atoms with Crippen LogP contribution in [0.25, 0.3) is 0 Å². The van der Waals surface area contributed by atoms with Gasteiger partial charge in [-0.25, -0.2) is 18.9 Å². The summed E-state index contributed by atoms with van der Waals surface area (Å²) in [6.07, 6.45) is -0.768. The third kappa shape index (κ3) is 15.7. The number of ether oxygens (including phenoxy) is 4. The van der Waals surface area contributed by atoms with Crippen LogP contribution in [0.1, 0.15) is 87.8 Å². The van der Waals surface area contributed by atoms with Gasteiger partial charge in [0.25, 0.3) is 5.91 Å². The average Bonchev–Trinajstić information content (AvgIpc) is 4.06. The van der Waals surface area contributed by atoms with E-state index < -0.39 is 54.6 Å². The summed E-state index contributed by atoms with van der Waals surface area (Å²) in [4.78, 5) is 89.8. The largest absolute Gasteiger partial charge is 0.427 e. The topological polar surface area (TPSA) is 223 Å². The molecule has 0 radical (unpaired) electrons. The van der Waals surface area contributed by atoms with Crippen LogP contribution >= 0.6 is 11.8 Å². The van der Waals surface area contributed by atoms with Crippen LogP contribution in [-0.4, -0.2) is 146 Å². The molecule has 1 aliphatic carbocycles. The lowest BCUT2D eigenvalue weighted by molar-refractivity contribution is -0.187. The highest BCUT2D eigenvalue weighted by molar-refractivity contribution is 8.00. The highest BCUT2D eigenvalue weighted by atomic mass is 32.2. The molecule has 71 heavy (non-hydrogen) atoms. The molecule has 23 heteroatoms. The molecule has 0 saturated carbocycles. The highest BCUT2D eigenvalue weighted by Gasteiger charge is 2.59. The van der Waals surface area contributed by atoms with Crippen molar-refractivity contribution in [3.63, 3.8) is 0 Å². The number of anilines is 1. The first kappa shape index (κ1) is 54.8. The van der Waals surface area contributed by atoms with Crippen LogP contribution in [0.5, 0.6) is 0 Å². The molecule has 8 amide bonds. The summed E-state index contributed by atoms with van der Waals surface area (Å²) in [7, 11) is 0. The van der Waals surface area contributed by atoms with Gasteiger partial charge in [-0.2, -0.15) is 24.9 Å². The van der Waals surface area contributed by atoms with Crippen molar-refractivity contribution >= 4 is 59.1 Å². The van der Waals surface area contributed by atoms with Gasteiger partial charge < -0.3 is 50.4 Å². The molecule has 3 heterocycles. The van der Waals surface area contributed by atoms with Gasteiger partial charge in [0.05, 0.1) is 38.5 Å². The van der Waals surface area contributed by atoms with Crippen LogP contribution in [0.15, 0.2) is 42.5 Å². The molecule has 0 aromatic heterocycles. The van der Waals surface area contributed by atoms with E-state index in [0.717, 1.165) is 44.1 Å². The smallest absolute Gasteiger partial charge is 0.418 e. The summed E-state index contributed by atoms with van der Waals surface area (Å²) < 4.78 is 77.1. The van der Waals surface area contributed by atoms with E-state index in [0.29, 0.717) is 104 Å². The number of carbonyl (C=O) groups is 7. The number of nitrogens with one attached hydrogen (secondary N) is 5. The van der Waals surface area contributed by atoms with Crippen LogP contribution in [0.2, 0.25) is 0 Å². The number of thioether (sulfide) groups is 1. The van der Waals surface area contributed by atoms with E-state index in [1.54, 1.807) is 6.07 Å². The van der Waals surface area contributed by atoms with Gasteiger partial charge in [-0.3, -0.25) is 24.0 Å². The number of nitrogens with zero attached hydrogens (tertiary/aromatic N) is 2. The molecular weight excluding hydrogens is 959 g/mol. The minimum absolute atomic E-state index is 0.0119. The Labute approximate surface area is 413 Å². The number of carbonyl (C=O) groups excluding carboxylic acids is 7. The minimum Gasteiger partial charge on any atom is -0.427 e. The molecule has 0 bridgehead atoms. The molecule has 5 N–H and O–H groups in total. The van der Waals surface area contributed by atoms with E-state index in [9.17, 15) is 51.1 Å². The quantitative estimate of drug-likeness (QED) is 0.0421. The van der Waals surface area contributed by atoms with Crippen LogP contribution in [-0.2, 0) is 61.5 Å². The summed E-state index contributed by atoms with van der Waals surface area (Å²) >= 11 is 1.88. The molecular formula is C48H63F4N7O11S. The predicted octanol–water partition coefficient (Wildman–Crippen LogP) is 4.82. The van der Waals surface area contributed by atoms with Crippen molar-refractivity contribution in [1.29, 1.82) is 0 Å². The Kier molecular flexibility index (Phi) is 20.3. The van der Waals surface area contributed by atoms with E-state index in [-0.39, 0.29) is 73.5 Å². The van der Waals surface area contributed by atoms with Gasteiger partial charge in [0.2, 0.25) is 29.2 Å². The van der Waals surface area contributed by atoms with Gasteiger partial charge >= 0.3 is 18.3 Å². The maximum atomic E-state index is 13.8. The maximum absolute atomic E-state index is 13.8. The van der Waals surface area contributed by atoms with Gasteiger partial charge in [0.15, 0.2) is 0 Å². The lowest BCUT2D eigenvalue weighted by Gasteiger charge is -2.31. The van der Waals surface area contributed by atoms with Crippen molar-refractivity contribution in [2.75, 3.05) is 70.3 Å². The second-order valence-corrected chi connectivity index (χ2v) is 19.1. The molecule has 18 nitrogen and oxygen atoms in total. The molecule has 1 unspecified atom stereocenters. The molecule has 3 fully saturated rings. The molecule has 2 aromatic carbocycles. The number of alkyl halides is 3. The lowest BCUT2D eigenvalue weighted by Crippen LogP contribution is -2.51. The Morgan fingerprint density at radius 1 is 0.845 bits per heavy atom. The normalized spacial score (nSPS) is 20.5. The third-order valence-corrected chi connectivity index (χ3v) is 14.2. The number of hydrogen-bond donors (Lipinski definition) is 5. The van der Waals surface area contributed by atoms with Crippen molar-refractivity contribution in [2.24, 2.45) is 0 Å². The van der Waals surface area contributed by atoms with Crippen LogP contribution in [0.3, 0.4) is 0 Å². The van der Waals surface area contributed by atoms with Crippen LogP contribution in [0.4, 0.5) is 32.8 Å². The fourth-order valence-corrected chi connectivity index (χ4v) is 10.3. The Hall–Kier alpha value is -5.52. The number of hydrogen-bond acceptors (Lipinski definition) is 12. The van der Waals surface area contributed by atoms with Crippen molar-refractivity contribution in [3.05, 3.63) is 65.0 Å². The zero-order valence-electron chi connectivity index (χ0n) is 39.7. The fraction of sp³-hybridized carbons (Fsp3) is 0.604. The van der Waals surface area contributed by atoms with Crippen LogP contribution < -0.4 is 26.6 Å². The summed E-state index contributed by atoms with van der Waals surface area (Å²) in [5, 5.41) is 14.8. The molecule has 390 valence electrons. The predicted molar refractivity (Wildman–Crippen MR) is 251 cm³/mol. The van der Waals surface area contributed by atoms with Crippen molar-refractivity contribution in [2.45, 2.75) is 119 Å². The Morgan fingerprint density at radius 2 is 1.48 bits per heavy atom. The first-order valence-corrected chi connectivity index (χ1v) is 25.1. The monoisotopic (exact) mass is 1020 g/mol. The number of aryl methyl sites for hydroxylation is 1. The second kappa shape index (κ2) is 26.3. The first-order valence-electron chi connectivity index (χ1n) is 24.1. The molecule has 4 aliphatic rings. The van der Waals surface area contributed by atoms with Crippen molar-refractivity contribution in [3.8, 4) is 0 Å². The molecule has 3 saturated heterocycles. The summed E-state index contributed by atoms with van der Waals surface area (Å²) in [5.41, 5.74) is -0.264. The standard InChI is InChI=1S/C48H63F4N7O11S/c1-31(48(50,51)52)58(28-32-11-13-34(49)14-12-32)42(63)29-59-44(64)47(70-46(59)66)18-17-33-27-35(15-16-36(33)47)55-41(62)10-4-9-40(61)54-20-6-22-68-24-26-69-25-23-67-21-5-19-53-39(60)8-3-2-7-38-43-37(30-71-38)56-45(65)57-43/h11-16,27,31,37-38,43H,2-10,17-26,28-30H2,1H3,(H,53,60)(H,54,61)(H,55,62)(H2,56,57,65)/t31-,37-,38-,43?,47+/m0/s1. The number of rotatable bonds is 29. The highest BCUT2D eigenvalue weighted by Crippen LogP contribution is 2.46. The number of urea groups is 1. The van der Waals surface area contributed by atoms with Crippen LogP contribution in [0, 0.1) is 5.82 Å². The molecule has 5 atom stereocenters. The van der Waals surface area contributed by atoms with Gasteiger partial charge in [-0.05, 0) is 80.8 Å². The number of imide groups is 1. The number of halogens is 4. The van der Waals surface area contributed by atoms with Crippen molar-refractivity contribution < 1.29 is 70.1 Å². The van der Waals surface area contributed by atoms with Gasteiger partial charge in [-0.15, -0.1) is 0 Å². The number of unbranched alkanes of at least 4 members (excludes halogenated alkanes) is 1. The Bertz CT molecular complexity index is 2190. The summed E-state index contributed by atoms with van der Waals surface area (Å²) in [6.45, 7) is 2.70. The van der Waals surface area contributed by atoms with Crippen molar-refractivity contribution in [1.82, 2.24) is 31.1 Å². The van der Waals surface area contributed by atoms with E-state index in [1.165, 1.54) is 24.3 Å². The van der Waals surface area contributed by atoms with E-state index in [2.05, 4.69) is 26.6 Å². The molecule has 1 spiro atoms. The molecule has 3 aliphatic heterocycles. The second-order valence-electron chi connectivity index (χ2n) is 17.8. The van der Waals surface area contributed by atoms with E-state index >= 15 is 0 Å². The van der Waals surface area contributed by atoms with Gasteiger partial charge in [0, 0.05) is 80.8 Å². The molecule has 2 aromatic rings. The first-order chi connectivity index (χ1) is 34.0. The fourth-order valence-electron chi connectivity index (χ4n) is 8.79. The average molecular weight is 1020 g/mol. The number of fused-ring (bicyclic) bond motifs is 3. The Balaban J connectivity index is 0.761. The summed E-state index contributed by atoms with van der Waals surface area (Å²) in [5.74, 6) is -2.27. The van der Waals surface area contributed by atoms with E-state index in [4.69, 9.17) is 18.9 Å². The SMILES string of the molecule is C[C@H](N(Cc1ccc(F)cc1)C(=O)CN1C(=O)O[C@@]2(CCc3cc(NC(=O)CCCC(=O)NCCCOCCOCCOCCCNC(=O)CCCC[C@@H]4SC[C@@H]5NC(=O)NC54)ccc32)C1=O)C(F)(F)F. The summed E-state index contributed by atoms with van der Waals surface area (Å²) in [6, 6.07) is 7.25. The maximum Gasteiger partial charge on any atom is 0.418 e. The zero-order chi connectivity index (χ0) is 51.0. The van der Waals surface area contributed by atoms with Gasteiger partial charge in [-0.1, -0.05) is 24.6 Å². The van der Waals surface area contributed by atoms with E-state index in [1.807, 2.05) is 11.8 Å². The molecule has 6 rings (SSSR count). The zero-order valence-corrected chi connectivity index (χ0v) is 40.5. The number of benzene rings is 2. The van der Waals surface area contributed by atoms with Gasteiger partial charge in [0.1, 0.15) is 18.4 Å². The number of amides is 8.